The summed E-state index contributed by atoms with van der Waals surface area (Å²) >= 11 is 0. The Labute approximate surface area is 104 Å². The molecule has 1 aliphatic heterocycles. The lowest BCUT2D eigenvalue weighted by molar-refractivity contribution is -0.129. The summed E-state index contributed by atoms with van der Waals surface area (Å²) in [5.74, 6) is 0.834. The second-order valence-corrected chi connectivity index (χ2v) is 4.53. The second kappa shape index (κ2) is 5.25. The predicted molar refractivity (Wildman–Crippen MR) is 68.1 cm³/mol. The van der Waals surface area contributed by atoms with E-state index >= 15 is 0 Å². The first-order valence-corrected chi connectivity index (χ1v) is 5.82. The van der Waals surface area contributed by atoms with E-state index < -0.39 is 0 Å². The molecule has 4 nitrogen and oxygen atoms in total. The Balaban J connectivity index is 2.93. The molecule has 1 amide bonds. The van der Waals surface area contributed by atoms with Crippen LogP contribution in [0.15, 0.2) is 23.7 Å². The molecule has 0 bridgehead atoms. The van der Waals surface area contributed by atoms with E-state index in [-0.39, 0.29) is 11.9 Å². The number of nitrogens with zero attached hydrogens (tertiary/aromatic N) is 2. The summed E-state index contributed by atoms with van der Waals surface area (Å²) in [7, 11) is 1.63. The summed E-state index contributed by atoms with van der Waals surface area (Å²) in [5.41, 5.74) is 2.12. The second-order valence-electron chi connectivity index (χ2n) is 4.53. The van der Waals surface area contributed by atoms with Gasteiger partial charge >= 0.3 is 0 Å². The van der Waals surface area contributed by atoms with Crippen molar-refractivity contribution in [1.29, 1.82) is 0 Å². The maximum absolute atomic E-state index is 11.6. The van der Waals surface area contributed by atoms with Crippen molar-refractivity contribution in [3.05, 3.63) is 23.7 Å². The van der Waals surface area contributed by atoms with Gasteiger partial charge in [0, 0.05) is 24.9 Å². The molecule has 96 valence electrons. The van der Waals surface area contributed by atoms with Crippen molar-refractivity contribution in [2.45, 2.75) is 33.7 Å². The lowest BCUT2D eigenvalue weighted by Crippen LogP contribution is -2.49. The van der Waals surface area contributed by atoms with Crippen LogP contribution in [0.5, 0.6) is 0 Å². The van der Waals surface area contributed by atoms with Gasteiger partial charge in [-0.25, -0.2) is 0 Å². The van der Waals surface area contributed by atoms with Crippen LogP contribution in [-0.2, 0) is 9.53 Å². The van der Waals surface area contributed by atoms with E-state index in [1.807, 2.05) is 18.7 Å². The minimum absolute atomic E-state index is 0.0968. The highest BCUT2D eigenvalue weighted by Gasteiger charge is 2.28. The first kappa shape index (κ1) is 13.6. The summed E-state index contributed by atoms with van der Waals surface area (Å²) in [6.45, 7) is 13.0. The molecule has 0 spiro atoms. The molecule has 1 atom stereocenters. The molecule has 0 N–H and O–H groups in total. The lowest BCUT2D eigenvalue weighted by Gasteiger charge is -2.41. The van der Waals surface area contributed by atoms with Crippen LogP contribution in [0, 0.1) is 0 Å². The van der Waals surface area contributed by atoms with Crippen LogP contribution in [0.4, 0.5) is 0 Å². The summed E-state index contributed by atoms with van der Waals surface area (Å²) in [4.78, 5) is 15.6. The highest BCUT2D eigenvalue weighted by molar-refractivity contribution is 5.76. The Bertz CT molecular complexity index is 360. The van der Waals surface area contributed by atoms with Gasteiger partial charge in [-0.1, -0.05) is 6.58 Å². The molecule has 0 aromatic carbocycles. The monoisotopic (exact) mass is 238 g/mol. The minimum atomic E-state index is 0.0968. The highest BCUT2D eigenvalue weighted by Crippen LogP contribution is 2.24. The fraction of sp³-hybridized carbons (Fsp3) is 0.615. The third-order valence-electron chi connectivity index (χ3n) is 3.28. The largest absolute Gasteiger partial charge is 0.500 e. The van der Waals surface area contributed by atoms with Gasteiger partial charge in [-0.15, -0.1) is 0 Å². The third kappa shape index (κ3) is 2.81. The first-order chi connectivity index (χ1) is 7.88. The van der Waals surface area contributed by atoms with Crippen LogP contribution in [-0.4, -0.2) is 41.9 Å². The van der Waals surface area contributed by atoms with Crippen molar-refractivity contribution in [3.8, 4) is 0 Å². The van der Waals surface area contributed by atoms with Gasteiger partial charge in [-0.05, 0) is 20.8 Å². The van der Waals surface area contributed by atoms with Crippen LogP contribution in [0.25, 0.3) is 0 Å². The molecule has 0 saturated carbocycles. The van der Waals surface area contributed by atoms with E-state index in [9.17, 15) is 4.79 Å². The van der Waals surface area contributed by atoms with E-state index in [1.54, 1.807) is 14.0 Å². The highest BCUT2D eigenvalue weighted by atomic mass is 16.5. The van der Waals surface area contributed by atoms with Crippen molar-refractivity contribution in [2.24, 2.45) is 0 Å². The molecule has 1 aliphatic rings. The van der Waals surface area contributed by atoms with Crippen molar-refractivity contribution in [2.75, 3.05) is 20.2 Å². The molecule has 1 unspecified atom stereocenters. The van der Waals surface area contributed by atoms with Crippen LogP contribution >= 0.6 is 0 Å². The normalized spacial score (nSPS) is 20.6. The minimum Gasteiger partial charge on any atom is -0.500 e. The smallest absolute Gasteiger partial charge is 0.223 e. The number of allylic oxidation sites excluding steroid dienone is 2. The Hall–Kier alpha value is -1.45. The Kier molecular flexibility index (Phi) is 4.21. The van der Waals surface area contributed by atoms with E-state index in [4.69, 9.17) is 4.74 Å². The Morgan fingerprint density at radius 1 is 1.47 bits per heavy atom. The number of rotatable bonds is 3. The molecule has 1 heterocycles. The average molecular weight is 238 g/mol. The fourth-order valence-corrected chi connectivity index (χ4v) is 2.28. The molecule has 0 aromatic heterocycles. The molecular weight excluding hydrogens is 216 g/mol. The number of carbonyl (C=O) groups is 1. The maximum atomic E-state index is 11.6. The van der Waals surface area contributed by atoms with E-state index in [1.165, 1.54) is 0 Å². The number of hydrogen-bond acceptors (Lipinski definition) is 3. The molecule has 0 fully saturated rings. The van der Waals surface area contributed by atoms with Crippen LogP contribution < -0.4 is 0 Å². The van der Waals surface area contributed by atoms with E-state index in [0.717, 1.165) is 23.7 Å². The molecular formula is C13H22N2O2. The van der Waals surface area contributed by atoms with Crippen molar-refractivity contribution in [1.82, 2.24) is 9.80 Å². The zero-order valence-corrected chi connectivity index (χ0v) is 11.4. The molecule has 1 rings (SSSR count). The average Bonchev–Trinajstić information content (AvgIpc) is 2.24. The zero-order chi connectivity index (χ0) is 13.2. The van der Waals surface area contributed by atoms with Gasteiger partial charge in [0.25, 0.3) is 0 Å². The SMILES string of the molecule is C=C(CN1CC(C)N(C(C)=O)C(C)=C1C)OC. The van der Waals surface area contributed by atoms with Gasteiger partial charge in [-0.3, -0.25) is 4.79 Å². The van der Waals surface area contributed by atoms with Gasteiger partial charge in [0.2, 0.25) is 5.91 Å². The standard InChI is InChI=1S/C13H22N2O2/c1-9-7-14(8-10(2)17-6)11(3)12(4)15(9)13(5)16/h9H,2,7-8H2,1,3-6H3. The number of ether oxygens (including phenoxy) is 1. The fourth-order valence-electron chi connectivity index (χ4n) is 2.28. The van der Waals surface area contributed by atoms with Crippen molar-refractivity contribution >= 4 is 5.91 Å². The molecule has 0 aliphatic carbocycles. The zero-order valence-electron chi connectivity index (χ0n) is 11.4. The summed E-state index contributed by atoms with van der Waals surface area (Å²) < 4.78 is 5.11. The number of hydrogen-bond donors (Lipinski definition) is 0. The third-order valence-corrected chi connectivity index (χ3v) is 3.28. The molecule has 17 heavy (non-hydrogen) atoms. The van der Waals surface area contributed by atoms with Gasteiger partial charge in [-0.2, -0.15) is 0 Å². The van der Waals surface area contributed by atoms with Gasteiger partial charge < -0.3 is 14.5 Å². The van der Waals surface area contributed by atoms with E-state index in [0.29, 0.717) is 6.54 Å². The Morgan fingerprint density at radius 2 is 2.06 bits per heavy atom. The topological polar surface area (TPSA) is 32.8 Å². The summed E-state index contributed by atoms with van der Waals surface area (Å²) in [5, 5.41) is 0. The summed E-state index contributed by atoms with van der Waals surface area (Å²) in [6, 6.07) is 0.181. The predicted octanol–water partition coefficient (Wildman–Crippen LogP) is 1.95. The van der Waals surface area contributed by atoms with Gasteiger partial charge in [0.1, 0.15) is 5.76 Å². The summed E-state index contributed by atoms with van der Waals surface area (Å²) in [6.07, 6.45) is 0. The molecule has 0 saturated heterocycles. The van der Waals surface area contributed by atoms with E-state index in [2.05, 4.69) is 18.4 Å². The molecule has 0 aromatic rings. The maximum Gasteiger partial charge on any atom is 0.223 e. The van der Waals surface area contributed by atoms with Crippen LogP contribution in [0.2, 0.25) is 0 Å². The quantitative estimate of drug-likeness (QED) is 0.705. The molecule has 0 radical (unpaired) electrons. The van der Waals surface area contributed by atoms with Crippen molar-refractivity contribution < 1.29 is 9.53 Å². The van der Waals surface area contributed by atoms with Crippen LogP contribution in [0.1, 0.15) is 27.7 Å². The number of methoxy groups -OCH3 is 1. The first-order valence-electron chi connectivity index (χ1n) is 5.82. The number of amides is 1. The molecule has 4 heteroatoms. The number of carbonyl (C=O) groups excluding carboxylic acids is 1. The lowest BCUT2D eigenvalue weighted by atomic mass is 10.1. The van der Waals surface area contributed by atoms with Crippen LogP contribution in [0.3, 0.4) is 0 Å². The van der Waals surface area contributed by atoms with Crippen molar-refractivity contribution in [3.63, 3.8) is 0 Å². The van der Waals surface area contributed by atoms with Gasteiger partial charge in [0.15, 0.2) is 0 Å². The van der Waals surface area contributed by atoms with Gasteiger partial charge in [0.05, 0.1) is 19.7 Å². The Morgan fingerprint density at radius 3 is 2.53 bits per heavy atom.